The third-order valence-electron chi connectivity index (χ3n) is 4.00. The second kappa shape index (κ2) is 5.36. The summed E-state index contributed by atoms with van der Waals surface area (Å²) < 4.78 is 1.73. The van der Waals surface area contributed by atoms with Crippen molar-refractivity contribution in [3.63, 3.8) is 0 Å². The first-order valence-electron chi connectivity index (χ1n) is 7.01. The lowest BCUT2D eigenvalue weighted by atomic mass is 9.94. The van der Waals surface area contributed by atoms with E-state index in [-0.39, 0.29) is 11.9 Å². The molecule has 1 aromatic rings. The number of carbonyl (C=O) groups excluding carboxylic acids is 1. The maximum Gasteiger partial charge on any atom is 0.276 e. The van der Waals surface area contributed by atoms with Crippen molar-refractivity contribution < 1.29 is 4.79 Å². The molecule has 1 aliphatic heterocycles. The number of aryl methyl sites for hydroxylation is 1. The molecule has 1 saturated heterocycles. The maximum absolute atomic E-state index is 12.5. The molecular weight excluding hydrogens is 272 g/mol. The van der Waals surface area contributed by atoms with E-state index in [4.69, 9.17) is 12.2 Å². The maximum atomic E-state index is 12.5. The number of carbonyl (C=O) groups is 1. The number of hydrogen-bond donors (Lipinski definition) is 1. The van der Waals surface area contributed by atoms with Gasteiger partial charge in [0.25, 0.3) is 5.91 Å². The van der Waals surface area contributed by atoms with Crippen LogP contribution in [0.25, 0.3) is 6.08 Å². The smallest absolute Gasteiger partial charge is 0.276 e. The van der Waals surface area contributed by atoms with Gasteiger partial charge in [0.2, 0.25) is 0 Å². The van der Waals surface area contributed by atoms with E-state index < -0.39 is 0 Å². The van der Waals surface area contributed by atoms with Gasteiger partial charge in [0.1, 0.15) is 5.70 Å². The molecule has 1 N–H and O–H groups in total. The molecule has 2 heterocycles. The highest BCUT2D eigenvalue weighted by Gasteiger charge is 2.36. The highest BCUT2D eigenvalue weighted by Crippen LogP contribution is 2.26. The molecular formula is C14H18N4OS. The zero-order valence-electron chi connectivity index (χ0n) is 11.5. The van der Waals surface area contributed by atoms with E-state index >= 15 is 0 Å². The first-order valence-corrected chi connectivity index (χ1v) is 7.42. The Hall–Kier alpha value is -1.69. The number of nitrogens with zero attached hydrogens (tertiary/aromatic N) is 3. The zero-order valence-corrected chi connectivity index (χ0v) is 12.3. The SMILES string of the molecule is Cn1nccc1/C=C1/NC(=S)N(C2CCCCC2)C1=O. The summed E-state index contributed by atoms with van der Waals surface area (Å²) in [7, 11) is 1.85. The lowest BCUT2D eigenvalue weighted by Gasteiger charge is -2.29. The lowest BCUT2D eigenvalue weighted by Crippen LogP contribution is -2.41. The fourth-order valence-electron chi connectivity index (χ4n) is 2.89. The number of hydrogen-bond acceptors (Lipinski definition) is 3. The highest BCUT2D eigenvalue weighted by atomic mass is 32.1. The molecule has 0 atom stereocenters. The van der Waals surface area contributed by atoms with Crippen LogP contribution in [-0.4, -0.2) is 31.7 Å². The molecule has 0 aromatic carbocycles. The molecule has 1 aromatic heterocycles. The summed E-state index contributed by atoms with van der Waals surface area (Å²) in [4.78, 5) is 14.3. The topological polar surface area (TPSA) is 50.2 Å². The Balaban J connectivity index is 1.83. The minimum atomic E-state index is -0.0110. The summed E-state index contributed by atoms with van der Waals surface area (Å²) in [5, 5.41) is 7.68. The summed E-state index contributed by atoms with van der Waals surface area (Å²) in [6.07, 6.45) is 9.23. The first-order chi connectivity index (χ1) is 9.66. The van der Waals surface area contributed by atoms with Crippen molar-refractivity contribution in [1.29, 1.82) is 0 Å². The van der Waals surface area contributed by atoms with E-state index in [2.05, 4.69) is 10.4 Å². The van der Waals surface area contributed by atoms with Crippen molar-refractivity contribution in [1.82, 2.24) is 20.0 Å². The van der Waals surface area contributed by atoms with Crippen LogP contribution in [0.15, 0.2) is 18.0 Å². The minimum absolute atomic E-state index is 0.0110. The molecule has 0 unspecified atom stereocenters. The molecule has 3 rings (SSSR count). The minimum Gasteiger partial charge on any atom is -0.328 e. The van der Waals surface area contributed by atoms with Crippen molar-refractivity contribution in [3.8, 4) is 0 Å². The van der Waals surface area contributed by atoms with Gasteiger partial charge in [-0.05, 0) is 37.2 Å². The van der Waals surface area contributed by atoms with Crippen molar-refractivity contribution in [2.75, 3.05) is 0 Å². The Morgan fingerprint density at radius 1 is 1.40 bits per heavy atom. The predicted molar refractivity (Wildman–Crippen MR) is 80.6 cm³/mol. The van der Waals surface area contributed by atoms with Crippen molar-refractivity contribution in [2.45, 2.75) is 38.1 Å². The summed E-state index contributed by atoms with van der Waals surface area (Å²) in [5.74, 6) is -0.0110. The molecule has 2 aliphatic rings. The fourth-order valence-corrected chi connectivity index (χ4v) is 3.24. The Morgan fingerprint density at radius 3 is 2.80 bits per heavy atom. The highest BCUT2D eigenvalue weighted by molar-refractivity contribution is 7.80. The van der Waals surface area contributed by atoms with Crippen LogP contribution in [0.5, 0.6) is 0 Å². The number of nitrogens with one attached hydrogen (secondary N) is 1. The van der Waals surface area contributed by atoms with Crippen molar-refractivity contribution in [3.05, 3.63) is 23.7 Å². The molecule has 0 bridgehead atoms. The van der Waals surface area contributed by atoms with Crippen LogP contribution >= 0.6 is 12.2 Å². The van der Waals surface area contributed by atoms with Gasteiger partial charge in [-0.2, -0.15) is 5.10 Å². The van der Waals surface area contributed by atoms with Crippen LogP contribution in [0.2, 0.25) is 0 Å². The van der Waals surface area contributed by atoms with E-state index in [1.54, 1.807) is 15.8 Å². The van der Waals surface area contributed by atoms with Gasteiger partial charge < -0.3 is 5.32 Å². The van der Waals surface area contributed by atoms with Gasteiger partial charge in [0.05, 0.1) is 5.69 Å². The average molecular weight is 290 g/mol. The second-order valence-corrected chi connectivity index (χ2v) is 5.72. The van der Waals surface area contributed by atoms with Crippen LogP contribution in [0, 0.1) is 0 Å². The van der Waals surface area contributed by atoms with Gasteiger partial charge in [-0.3, -0.25) is 14.4 Å². The molecule has 20 heavy (non-hydrogen) atoms. The molecule has 6 heteroatoms. The standard InChI is InChI=1S/C14H18N4OS/c1-17-11(7-8-15-17)9-12-13(19)18(14(20)16-12)10-5-3-2-4-6-10/h7-10H,2-6H2,1H3,(H,16,20)/b12-9+. The van der Waals surface area contributed by atoms with Crippen molar-refractivity contribution in [2.24, 2.45) is 7.05 Å². The molecule has 0 spiro atoms. The first kappa shape index (κ1) is 13.3. The Morgan fingerprint density at radius 2 is 2.15 bits per heavy atom. The van der Waals surface area contributed by atoms with Crippen molar-refractivity contribution >= 4 is 29.3 Å². The van der Waals surface area contributed by atoms with Gasteiger partial charge >= 0.3 is 0 Å². The van der Waals surface area contributed by atoms with Gasteiger partial charge in [0, 0.05) is 19.3 Å². The largest absolute Gasteiger partial charge is 0.328 e. The molecule has 1 aliphatic carbocycles. The number of thiocarbonyl (C=S) groups is 1. The lowest BCUT2D eigenvalue weighted by molar-refractivity contribution is -0.124. The molecule has 2 fully saturated rings. The molecule has 0 radical (unpaired) electrons. The monoisotopic (exact) mass is 290 g/mol. The third-order valence-corrected chi connectivity index (χ3v) is 4.30. The van der Waals surface area contributed by atoms with E-state index in [0.29, 0.717) is 10.8 Å². The normalized spacial score (nSPS) is 22.6. The Labute approximate surface area is 123 Å². The van der Waals surface area contributed by atoms with E-state index in [9.17, 15) is 4.79 Å². The van der Waals surface area contributed by atoms with Gasteiger partial charge in [-0.1, -0.05) is 19.3 Å². The van der Waals surface area contributed by atoms with Gasteiger partial charge in [-0.25, -0.2) is 0 Å². The van der Waals surface area contributed by atoms with Crippen LogP contribution in [0.1, 0.15) is 37.8 Å². The second-order valence-electron chi connectivity index (χ2n) is 5.33. The van der Waals surface area contributed by atoms with Gasteiger partial charge in [0.15, 0.2) is 5.11 Å². The third kappa shape index (κ3) is 2.35. The summed E-state index contributed by atoms with van der Waals surface area (Å²) in [5.41, 5.74) is 1.43. The summed E-state index contributed by atoms with van der Waals surface area (Å²) in [6.45, 7) is 0. The Kier molecular flexibility index (Phi) is 3.56. The zero-order chi connectivity index (χ0) is 14.1. The molecule has 1 amide bonds. The van der Waals surface area contributed by atoms with Gasteiger partial charge in [-0.15, -0.1) is 0 Å². The van der Waals surface area contributed by atoms with Crippen LogP contribution < -0.4 is 5.32 Å². The Bertz CT molecular complexity index is 571. The molecule has 106 valence electrons. The summed E-state index contributed by atoms with van der Waals surface area (Å²) in [6, 6.07) is 2.13. The van der Waals surface area contributed by atoms with Crippen LogP contribution in [0.4, 0.5) is 0 Å². The fraction of sp³-hybridized carbons (Fsp3) is 0.500. The number of amides is 1. The van der Waals surface area contributed by atoms with E-state index in [1.807, 2.05) is 19.2 Å². The molecule has 5 nitrogen and oxygen atoms in total. The van der Waals surface area contributed by atoms with E-state index in [0.717, 1.165) is 18.5 Å². The quantitative estimate of drug-likeness (QED) is 0.667. The predicted octanol–water partition coefficient (Wildman–Crippen LogP) is 1.81. The average Bonchev–Trinajstić information content (AvgIpc) is 2.96. The number of aromatic nitrogens is 2. The number of rotatable bonds is 2. The van der Waals surface area contributed by atoms with Crippen LogP contribution in [-0.2, 0) is 11.8 Å². The molecule has 1 saturated carbocycles. The summed E-state index contributed by atoms with van der Waals surface area (Å²) >= 11 is 5.33. The van der Waals surface area contributed by atoms with E-state index in [1.165, 1.54) is 19.3 Å². The van der Waals surface area contributed by atoms with Crippen LogP contribution in [0.3, 0.4) is 0 Å².